The predicted octanol–water partition coefficient (Wildman–Crippen LogP) is 3.38. The van der Waals surface area contributed by atoms with E-state index in [1.165, 1.54) is 31.2 Å². The third-order valence-corrected chi connectivity index (χ3v) is 6.56. The van der Waals surface area contributed by atoms with E-state index in [0.717, 1.165) is 49.7 Å². The van der Waals surface area contributed by atoms with Crippen LogP contribution in [-0.2, 0) is 0 Å². The van der Waals surface area contributed by atoms with Crippen LogP contribution in [0.3, 0.4) is 0 Å². The van der Waals surface area contributed by atoms with E-state index in [4.69, 9.17) is 12.2 Å². The number of hydrogen-bond acceptors (Lipinski definition) is 2. The first-order valence-corrected chi connectivity index (χ1v) is 10.2. The molecule has 1 aliphatic heterocycles. The van der Waals surface area contributed by atoms with Crippen LogP contribution in [0.4, 0.5) is 0 Å². The smallest absolute Gasteiger partial charge is 0.169 e. The van der Waals surface area contributed by atoms with Crippen molar-refractivity contribution in [2.45, 2.75) is 31.7 Å². The number of piperazine rings is 1. The first-order valence-electron chi connectivity index (χ1n) is 9.77. The second-order valence-corrected chi connectivity index (χ2v) is 8.22. The second-order valence-electron chi connectivity index (χ2n) is 7.83. The Bertz CT molecular complexity index is 607. The second kappa shape index (κ2) is 7.88. The maximum absolute atomic E-state index is 5.70. The third kappa shape index (κ3) is 4.24. The van der Waals surface area contributed by atoms with Crippen LogP contribution in [0, 0.1) is 11.8 Å². The molecular formula is C21H29N3S. The molecule has 2 aliphatic carbocycles. The molecule has 3 nitrogen and oxygen atoms in total. The number of nitrogens with zero attached hydrogens (tertiary/aromatic N) is 2. The molecule has 1 aromatic rings. The molecule has 4 heteroatoms. The minimum atomic E-state index is 0.651. The van der Waals surface area contributed by atoms with E-state index in [-0.39, 0.29) is 0 Å². The van der Waals surface area contributed by atoms with Crippen molar-refractivity contribution in [1.29, 1.82) is 0 Å². The molecule has 2 saturated carbocycles. The first-order chi connectivity index (χ1) is 12.3. The Morgan fingerprint density at radius 2 is 1.88 bits per heavy atom. The Hall–Kier alpha value is -1.39. The number of fused-ring (bicyclic) bond motifs is 2. The van der Waals surface area contributed by atoms with Crippen LogP contribution < -0.4 is 5.32 Å². The molecule has 3 unspecified atom stereocenters. The summed E-state index contributed by atoms with van der Waals surface area (Å²) < 4.78 is 0. The topological polar surface area (TPSA) is 18.5 Å². The highest BCUT2D eigenvalue weighted by atomic mass is 32.1. The summed E-state index contributed by atoms with van der Waals surface area (Å²) in [5.41, 5.74) is 1.28. The maximum atomic E-state index is 5.70. The highest BCUT2D eigenvalue weighted by Crippen LogP contribution is 2.44. The van der Waals surface area contributed by atoms with Gasteiger partial charge in [-0.3, -0.25) is 4.90 Å². The monoisotopic (exact) mass is 355 g/mol. The van der Waals surface area contributed by atoms with E-state index >= 15 is 0 Å². The van der Waals surface area contributed by atoms with Gasteiger partial charge in [-0.1, -0.05) is 48.9 Å². The van der Waals surface area contributed by atoms with Crippen LogP contribution in [0.5, 0.6) is 0 Å². The van der Waals surface area contributed by atoms with Crippen LogP contribution in [0.1, 0.15) is 31.2 Å². The largest absolute Gasteiger partial charge is 0.360 e. The summed E-state index contributed by atoms with van der Waals surface area (Å²) in [5, 5.41) is 4.68. The normalized spacial score (nSPS) is 29.4. The molecule has 134 valence electrons. The Kier molecular flexibility index (Phi) is 5.37. The van der Waals surface area contributed by atoms with E-state index < -0.39 is 0 Å². The zero-order valence-electron chi connectivity index (χ0n) is 14.9. The van der Waals surface area contributed by atoms with Gasteiger partial charge in [0.25, 0.3) is 0 Å². The number of rotatable bonds is 4. The Balaban J connectivity index is 1.19. The molecule has 0 spiro atoms. The highest BCUT2D eigenvalue weighted by molar-refractivity contribution is 7.80. The third-order valence-electron chi connectivity index (χ3n) is 6.18. The quantitative estimate of drug-likeness (QED) is 0.834. The van der Waals surface area contributed by atoms with Gasteiger partial charge in [-0.25, -0.2) is 0 Å². The van der Waals surface area contributed by atoms with Crippen LogP contribution in [0.25, 0.3) is 6.08 Å². The van der Waals surface area contributed by atoms with Crippen molar-refractivity contribution in [3.63, 3.8) is 0 Å². The highest BCUT2D eigenvalue weighted by Gasteiger charge is 2.40. The predicted molar refractivity (Wildman–Crippen MR) is 108 cm³/mol. The molecule has 3 atom stereocenters. The molecule has 2 bridgehead atoms. The van der Waals surface area contributed by atoms with Gasteiger partial charge < -0.3 is 10.2 Å². The summed E-state index contributed by atoms with van der Waals surface area (Å²) in [6.07, 6.45) is 10.1. The number of hydrogen-bond donors (Lipinski definition) is 1. The SMILES string of the molecule is S=C(NC1CC2CCC1C2)N1CCN(CC=Cc2ccccc2)CC1. The molecule has 1 saturated heterocycles. The average Bonchev–Trinajstić information content (AvgIpc) is 3.26. The minimum absolute atomic E-state index is 0.651. The zero-order chi connectivity index (χ0) is 17.1. The molecule has 25 heavy (non-hydrogen) atoms. The van der Waals surface area contributed by atoms with Crippen LogP contribution in [0.2, 0.25) is 0 Å². The lowest BCUT2D eigenvalue weighted by Crippen LogP contribution is -2.53. The molecule has 0 aromatic heterocycles. The molecule has 3 aliphatic rings. The Morgan fingerprint density at radius 3 is 2.56 bits per heavy atom. The summed E-state index contributed by atoms with van der Waals surface area (Å²) in [4.78, 5) is 4.88. The van der Waals surface area contributed by atoms with Gasteiger partial charge in [-0.2, -0.15) is 0 Å². The van der Waals surface area contributed by atoms with E-state index in [9.17, 15) is 0 Å². The fraction of sp³-hybridized carbons (Fsp3) is 0.571. The Morgan fingerprint density at radius 1 is 1.08 bits per heavy atom. The van der Waals surface area contributed by atoms with Crippen LogP contribution in [-0.4, -0.2) is 53.7 Å². The maximum Gasteiger partial charge on any atom is 0.169 e. The molecule has 1 aromatic carbocycles. The van der Waals surface area contributed by atoms with Crippen molar-refractivity contribution in [2.75, 3.05) is 32.7 Å². The molecule has 1 N–H and O–H groups in total. The molecule has 0 radical (unpaired) electrons. The fourth-order valence-electron chi connectivity index (χ4n) is 4.71. The van der Waals surface area contributed by atoms with E-state index in [0.29, 0.717) is 6.04 Å². The van der Waals surface area contributed by atoms with Gasteiger partial charge in [0, 0.05) is 38.8 Å². The van der Waals surface area contributed by atoms with Crippen molar-refractivity contribution < 1.29 is 0 Å². The van der Waals surface area contributed by atoms with Gasteiger partial charge in [0.05, 0.1) is 0 Å². The lowest BCUT2D eigenvalue weighted by molar-refractivity contribution is 0.194. The van der Waals surface area contributed by atoms with Crippen molar-refractivity contribution in [2.24, 2.45) is 11.8 Å². The Labute approximate surface area is 157 Å². The van der Waals surface area contributed by atoms with E-state index in [1.807, 2.05) is 0 Å². The molecular weight excluding hydrogens is 326 g/mol. The average molecular weight is 356 g/mol. The van der Waals surface area contributed by atoms with E-state index in [1.54, 1.807) is 0 Å². The zero-order valence-corrected chi connectivity index (χ0v) is 15.8. The lowest BCUT2D eigenvalue weighted by Gasteiger charge is -2.37. The van der Waals surface area contributed by atoms with Gasteiger partial charge in [0.2, 0.25) is 0 Å². The molecule has 1 heterocycles. The van der Waals surface area contributed by atoms with Gasteiger partial charge in [0.15, 0.2) is 5.11 Å². The molecule has 3 fully saturated rings. The van der Waals surface area contributed by atoms with Crippen molar-refractivity contribution >= 4 is 23.4 Å². The summed E-state index contributed by atoms with van der Waals surface area (Å²) in [6, 6.07) is 11.2. The summed E-state index contributed by atoms with van der Waals surface area (Å²) in [7, 11) is 0. The lowest BCUT2D eigenvalue weighted by atomic mass is 9.95. The minimum Gasteiger partial charge on any atom is -0.360 e. The standard InChI is InChI=1S/C21H29N3S/c25-21(22-20-16-18-8-9-19(20)15-18)24-13-11-23(12-14-24)10-4-7-17-5-2-1-3-6-17/h1-7,18-20H,8-16H2,(H,22,25). The van der Waals surface area contributed by atoms with E-state index in [2.05, 4.69) is 57.6 Å². The van der Waals surface area contributed by atoms with Gasteiger partial charge >= 0.3 is 0 Å². The number of nitrogens with one attached hydrogen (secondary N) is 1. The summed E-state index contributed by atoms with van der Waals surface area (Å²) >= 11 is 5.70. The van der Waals surface area contributed by atoms with Crippen molar-refractivity contribution in [1.82, 2.24) is 15.1 Å². The van der Waals surface area contributed by atoms with Crippen molar-refractivity contribution in [3.8, 4) is 0 Å². The number of thiocarbonyl (C=S) groups is 1. The fourth-order valence-corrected chi connectivity index (χ4v) is 5.04. The van der Waals surface area contributed by atoms with Crippen molar-refractivity contribution in [3.05, 3.63) is 42.0 Å². The van der Waals surface area contributed by atoms with Gasteiger partial charge in [-0.15, -0.1) is 0 Å². The molecule has 0 amide bonds. The van der Waals surface area contributed by atoms with Gasteiger partial charge in [-0.05, 0) is 48.9 Å². The van der Waals surface area contributed by atoms with Crippen LogP contribution >= 0.6 is 12.2 Å². The first kappa shape index (κ1) is 17.0. The summed E-state index contributed by atoms with van der Waals surface area (Å²) in [6.45, 7) is 5.31. The summed E-state index contributed by atoms with van der Waals surface area (Å²) in [5.74, 6) is 1.85. The molecule has 4 rings (SSSR count). The van der Waals surface area contributed by atoms with Crippen LogP contribution in [0.15, 0.2) is 36.4 Å². The van der Waals surface area contributed by atoms with Gasteiger partial charge in [0.1, 0.15) is 0 Å². The number of benzene rings is 1.